The van der Waals surface area contributed by atoms with Gasteiger partial charge in [0, 0.05) is 37.8 Å². The number of piperazine rings is 1. The molecule has 0 aliphatic carbocycles. The van der Waals surface area contributed by atoms with Gasteiger partial charge in [0.05, 0.1) is 11.4 Å². The molecule has 0 bridgehead atoms. The van der Waals surface area contributed by atoms with Crippen LogP contribution in [0.3, 0.4) is 0 Å². The molecular weight excluding hydrogens is 400 g/mol. The summed E-state index contributed by atoms with van der Waals surface area (Å²) in [5, 5.41) is 8.70. The highest BCUT2D eigenvalue weighted by Crippen LogP contribution is 2.19. The molecule has 1 N–H and O–H groups in total. The van der Waals surface area contributed by atoms with Gasteiger partial charge in [-0.15, -0.1) is 10.2 Å². The summed E-state index contributed by atoms with van der Waals surface area (Å²) in [6.07, 6.45) is 1.92. The largest absolute Gasteiger partial charge is 0.352 e. The minimum Gasteiger partial charge on any atom is -0.352 e. The van der Waals surface area contributed by atoms with Crippen molar-refractivity contribution in [1.29, 1.82) is 0 Å². The zero-order valence-electron chi connectivity index (χ0n) is 16.6. The first kappa shape index (κ1) is 20.1. The Kier molecular flexibility index (Phi) is 6.08. The number of carbonyl (C=O) groups excluding carboxylic acids is 1. The summed E-state index contributed by atoms with van der Waals surface area (Å²) >= 11 is 1.54. The Morgan fingerprint density at radius 1 is 1.07 bits per heavy atom. The molecule has 9 heteroatoms. The van der Waals surface area contributed by atoms with Crippen molar-refractivity contribution in [2.75, 3.05) is 37.3 Å². The number of thioether (sulfide) groups is 1. The first-order valence-corrected chi connectivity index (χ1v) is 11.1. The second kappa shape index (κ2) is 9.08. The van der Waals surface area contributed by atoms with Crippen LogP contribution in [0.15, 0.2) is 53.3 Å². The summed E-state index contributed by atoms with van der Waals surface area (Å²) < 4.78 is 0. The molecule has 3 heterocycles. The van der Waals surface area contributed by atoms with Crippen LogP contribution in [-0.2, 0) is 5.75 Å². The van der Waals surface area contributed by atoms with Crippen LogP contribution in [0, 0.1) is 0 Å². The summed E-state index contributed by atoms with van der Waals surface area (Å²) in [5.41, 5.74) is 1.75. The van der Waals surface area contributed by atoms with Crippen molar-refractivity contribution >= 4 is 23.5 Å². The SMILES string of the molecule is CSCc1nc(C(=O)N2CCN(c3ccc(-c4ccccc4)nn3)CC2)cc(=O)[nH]1. The summed E-state index contributed by atoms with van der Waals surface area (Å²) in [5.74, 6) is 1.65. The Balaban J connectivity index is 1.40. The molecule has 0 radical (unpaired) electrons. The number of hydrogen-bond donors (Lipinski definition) is 1. The van der Waals surface area contributed by atoms with E-state index in [1.807, 2.05) is 48.7 Å². The van der Waals surface area contributed by atoms with Gasteiger partial charge < -0.3 is 14.8 Å². The molecule has 3 aromatic rings. The van der Waals surface area contributed by atoms with Crippen LogP contribution in [0.5, 0.6) is 0 Å². The molecule has 0 saturated carbocycles. The fraction of sp³-hybridized carbons (Fsp3) is 0.286. The van der Waals surface area contributed by atoms with E-state index in [0.29, 0.717) is 37.8 Å². The third-order valence-corrected chi connectivity index (χ3v) is 5.46. The molecule has 1 amide bonds. The fourth-order valence-electron chi connectivity index (χ4n) is 3.38. The fourth-order valence-corrected chi connectivity index (χ4v) is 3.79. The molecular formula is C21H22N6O2S. The van der Waals surface area contributed by atoms with Crippen LogP contribution >= 0.6 is 11.8 Å². The van der Waals surface area contributed by atoms with Crippen LogP contribution in [0.2, 0.25) is 0 Å². The average molecular weight is 423 g/mol. The number of nitrogens with one attached hydrogen (secondary N) is 1. The van der Waals surface area contributed by atoms with Gasteiger partial charge in [0.25, 0.3) is 11.5 Å². The predicted molar refractivity (Wildman–Crippen MR) is 118 cm³/mol. The van der Waals surface area contributed by atoms with Gasteiger partial charge in [-0.2, -0.15) is 11.8 Å². The molecule has 154 valence electrons. The molecule has 1 aliphatic rings. The van der Waals surface area contributed by atoms with Crippen molar-refractivity contribution in [2.45, 2.75) is 5.75 Å². The summed E-state index contributed by atoms with van der Waals surface area (Å²) in [4.78, 5) is 35.5. The number of aromatic nitrogens is 4. The second-order valence-corrected chi connectivity index (χ2v) is 7.80. The molecule has 1 fully saturated rings. The highest BCUT2D eigenvalue weighted by atomic mass is 32.2. The van der Waals surface area contributed by atoms with Crippen molar-refractivity contribution < 1.29 is 4.79 Å². The standard InChI is InChI=1S/C21H22N6O2S/c1-30-14-18-22-17(13-20(28)23-18)21(29)27-11-9-26(10-12-27)19-8-7-16(24-25-19)15-5-3-2-4-6-15/h2-8,13H,9-12,14H2,1H3,(H,22,23,28). The van der Waals surface area contributed by atoms with Crippen molar-refractivity contribution in [3.63, 3.8) is 0 Å². The lowest BCUT2D eigenvalue weighted by atomic mass is 10.1. The van der Waals surface area contributed by atoms with E-state index in [2.05, 4.69) is 25.1 Å². The number of nitrogens with zero attached hydrogens (tertiary/aromatic N) is 5. The maximum atomic E-state index is 12.8. The maximum Gasteiger partial charge on any atom is 0.272 e. The second-order valence-electron chi connectivity index (χ2n) is 6.93. The van der Waals surface area contributed by atoms with Crippen LogP contribution < -0.4 is 10.5 Å². The Morgan fingerprint density at radius 2 is 1.83 bits per heavy atom. The van der Waals surface area contributed by atoms with Crippen LogP contribution in [0.25, 0.3) is 11.3 Å². The lowest BCUT2D eigenvalue weighted by Gasteiger charge is -2.35. The molecule has 2 aromatic heterocycles. The van der Waals surface area contributed by atoms with Gasteiger partial charge in [-0.25, -0.2) is 4.98 Å². The number of aromatic amines is 1. The van der Waals surface area contributed by atoms with E-state index in [1.54, 1.807) is 4.90 Å². The molecule has 1 aromatic carbocycles. The smallest absolute Gasteiger partial charge is 0.272 e. The monoisotopic (exact) mass is 422 g/mol. The van der Waals surface area contributed by atoms with Gasteiger partial charge in [0.15, 0.2) is 5.82 Å². The Bertz CT molecular complexity index is 1060. The molecule has 0 atom stereocenters. The van der Waals surface area contributed by atoms with Crippen LogP contribution in [0.4, 0.5) is 5.82 Å². The Hall–Kier alpha value is -3.20. The molecule has 8 nitrogen and oxygen atoms in total. The Morgan fingerprint density at radius 3 is 2.50 bits per heavy atom. The minimum atomic E-state index is -0.301. The number of hydrogen-bond acceptors (Lipinski definition) is 7. The van der Waals surface area contributed by atoms with Crippen molar-refractivity contribution in [3.8, 4) is 11.3 Å². The van der Waals surface area contributed by atoms with E-state index < -0.39 is 0 Å². The van der Waals surface area contributed by atoms with E-state index in [-0.39, 0.29) is 17.2 Å². The minimum absolute atomic E-state index is 0.197. The number of H-pyrrole nitrogens is 1. The number of amides is 1. The van der Waals surface area contributed by atoms with Gasteiger partial charge in [0.2, 0.25) is 0 Å². The maximum absolute atomic E-state index is 12.8. The van der Waals surface area contributed by atoms with Crippen molar-refractivity contribution in [1.82, 2.24) is 25.1 Å². The number of benzene rings is 1. The highest BCUT2D eigenvalue weighted by Gasteiger charge is 2.24. The summed E-state index contributed by atoms with van der Waals surface area (Å²) in [7, 11) is 0. The third kappa shape index (κ3) is 4.51. The van der Waals surface area contributed by atoms with Gasteiger partial charge in [-0.05, 0) is 18.4 Å². The van der Waals surface area contributed by atoms with Crippen molar-refractivity contribution in [2.24, 2.45) is 0 Å². The molecule has 0 unspecified atom stereocenters. The topological polar surface area (TPSA) is 95.1 Å². The van der Waals surface area contributed by atoms with E-state index in [1.165, 1.54) is 17.8 Å². The predicted octanol–water partition coefficient (Wildman–Crippen LogP) is 2.05. The third-order valence-electron chi connectivity index (χ3n) is 4.90. The zero-order valence-corrected chi connectivity index (χ0v) is 17.4. The van der Waals surface area contributed by atoms with Gasteiger partial charge >= 0.3 is 0 Å². The lowest BCUT2D eigenvalue weighted by Crippen LogP contribution is -2.49. The summed E-state index contributed by atoms with van der Waals surface area (Å²) in [6.45, 7) is 2.36. The molecule has 4 rings (SSSR count). The van der Waals surface area contributed by atoms with Crippen LogP contribution in [0.1, 0.15) is 16.3 Å². The summed E-state index contributed by atoms with van der Waals surface area (Å²) in [6, 6.07) is 15.1. The number of anilines is 1. The molecule has 1 saturated heterocycles. The highest BCUT2D eigenvalue weighted by molar-refractivity contribution is 7.97. The van der Waals surface area contributed by atoms with Gasteiger partial charge in [-0.1, -0.05) is 30.3 Å². The van der Waals surface area contributed by atoms with Crippen LogP contribution in [-0.4, -0.2) is 63.4 Å². The van der Waals surface area contributed by atoms with Gasteiger partial charge in [0.1, 0.15) is 11.5 Å². The molecule has 0 spiro atoms. The average Bonchev–Trinajstić information content (AvgIpc) is 2.79. The first-order chi connectivity index (χ1) is 14.6. The van der Waals surface area contributed by atoms with E-state index in [0.717, 1.165) is 17.1 Å². The zero-order chi connectivity index (χ0) is 20.9. The molecule has 30 heavy (non-hydrogen) atoms. The van der Waals surface area contributed by atoms with E-state index in [9.17, 15) is 9.59 Å². The normalized spacial score (nSPS) is 14.0. The van der Waals surface area contributed by atoms with Gasteiger partial charge in [-0.3, -0.25) is 9.59 Å². The molecule has 1 aliphatic heterocycles. The Labute approximate surface area is 178 Å². The quantitative estimate of drug-likeness (QED) is 0.672. The van der Waals surface area contributed by atoms with Crippen molar-refractivity contribution in [3.05, 3.63) is 70.4 Å². The number of rotatable bonds is 5. The number of carbonyl (C=O) groups is 1. The first-order valence-electron chi connectivity index (χ1n) is 9.66. The lowest BCUT2D eigenvalue weighted by molar-refractivity contribution is 0.0740. The van der Waals surface area contributed by atoms with E-state index >= 15 is 0 Å². The van der Waals surface area contributed by atoms with E-state index in [4.69, 9.17) is 0 Å².